The minimum Gasteiger partial charge on any atom is -0.377 e. The summed E-state index contributed by atoms with van der Waals surface area (Å²) < 4.78 is 7.45. The van der Waals surface area contributed by atoms with Crippen molar-refractivity contribution in [3.8, 4) is 16.9 Å². The Labute approximate surface area is 173 Å². The Morgan fingerprint density at radius 2 is 2.17 bits per heavy atom. The van der Waals surface area contributed by atoms with Gasteiger partial charge in [-0.15, -0.1) is 11.8 Å². The molecule has 0 amide bonds. The number of H-pyrrole nitrogens is 1. The smallest absolute Gasteiger partial charge is 0.167 e. The molecule has 5 rings (SSSR count). The lowest BCUT2D eigenvalue weighted by Gasteiger charge is -2.34. The van der Waals surface area contributed by atoms with Crippen LogP contribution in [0.3, 0.4) is 0 Å². The number of pyridine rings is 1. The van der Waals surface area contributed by atoms with Crippen molar-refractivity contribution in [3.05, 3.63) is 48.8 Å². The number of ether oxygens (including phenoxy) is 1. The molecule has 0 radical (unpaired) electrons. The predicted molar refractivity (Wildman–Crippen MR) is 116 cm³/mol. The number of thioether (sulfide) groups is 1. The molecule has 1 N–H and O–H groups in total. The van der Waals surface area contributed by atoms with Crippen LogP contribution in [0.25, 0.3) is 28.0 Å². The molecule has 1 atom stereocenters. The molecule has 29 heavy (non-hydrogen) atoms. The number of hydrogen-bond acceptors (Lipinski definition) is 6. The second-order valence-electron chi connectivity index (χ2n) is 7.11. The van der Waals surface area contributed by atoms with E-state index in [4.69, 9.17) is 9.72 Å². The zero-order chi connectivity index (χ0) is 19.8. The molecule has 4 aromatic rings. The highest BCUT2D eigenvalue weighted by Crippen LogP contribution is 2.34. The standard InChI is InChI=1S/C21H22N6OS/c1-14-13-28-9-8-26(14)20-11-17(15-4-3-5-16(10-15)29-2)18-12-23-27(21(18)24-20)19-6-7-22-25-19/h3-7,10-12,14H,8-9,13H2,1-2H3,(H,22,25). The van der Waals surface area contributed by atoms with E-state index in [9.17, 15) is 0 Å². The van der Waals surface area contributed by atoms with E-state index in [1.54, 1.807) is 18.0 Å². The van der Waals surface area contributed by atoms with Gasteiger partial charge in [-0.25, -0.2) is 4.98 Å². The van der Waals surface area contributed by atoms with Gasteiger partial charge in [-0.1, -0.05) is 12.1 Å². The van der Waals surface area contributed by atoms with E-state index in [-0.39, 0.29) is 6.04 Å². The quantitative estimate of drug-likeness (QED) is 0.521. The summed E-state index contributed by atoms with van der Waals surface area (Å²) in [4.78, 5) is 8.56. The lowest BCUT2D eigenvalue weighted by molar-refractivity contribution is 0.0986. The molecule has 0 spiro atoms. The third-order valence-corrected chi connectivity index (χ3v) is 6.01. The monoisotopic (exact) mass is 406 g/mol. The van der Waals surface area contributed by atoms with E-state index in [0.29, 0.717) is 13.2 Å². The van der Waals surface area contributed by atoms with Gasteiger partial charge in [-0.05, 0) is 42.5 Å². The van der Waals surface area contributed by atoms with Crippen LogP contribution in [0.4, 0.5) is 5.82 Å². The maximum absolute atomic E-state index is 5.63. The minimum atomic E-state index is 0.266. The Morgan fingerprint density at radius 1 is 1.24 bits per heavy atom. The van der Waals surface area contributed by atoms with Crippen LogP contribution in [0.15, 0.2) is 53.7 Å². The van der Waals surface area contributed by atoms with Crippen LogP contribution in [0.1, 0.15) is 6.92 Å². The molecule has 148 valence electrons. The van der Waals surface area contributed by atoms with Crippen LogP contribution < -0.4 is 4.90 Å². The Hall–Kier alpha value is -2.84. The highest BCUT2D eigenvalue weighted by atomic mass is 32.2. The van der Waals surface area contributed by atoms with Crippen LogP contribution in [0, 0.1) is 0 Å². The number of nitrogens with zero attached hydrogens (tertiary/aromatic N) is 5. The van der Waals surface area contributed by atoms with E-state index < -0.39 is 0 Å². The lowest BCUT2D eigenvalue weighted by Crippen LogP contribution is -2.44. The molecule has 1 saturated heterocycles. The number of rotatable bonds is 4. The van der Waals surface area contributed by atoms with Gasteiger partial charge in [-0.2, -0.15) is 14.9 Å². The average molecular weight is 407 g/mol. The summed E-state index contributed by atoms with van der Waals surface area (Å²) in [5.74, 6) is 1.74. The zero-order valence-corrected chi connectivity index (χ0v) is 17.2. The summed E-state index contributed by atoms with van der Waals surface area (Å²) in [6.07, 6.45) is 5.70. The summed E-state index contributed by atoms with van der Waals surface area (Å²) >= 11 is 1.74. The summed E-state index contributed by atoms with van der Waals surface area (Å²) in [5, 5.41) is 12.7. The number of nitrogens with one attached hydrogen (secondary N) is 1. The summed E-state index contributed by atoms with van der Waals surface area (Å²) in [6, 6.07) is 12.9. The predicted octanol–water partition coefficient (Wildman–Crippen LogP) is 3.76. The van der Waals surface area contributed by atoms with E-state index in [1.807, 2.05) is 16.9 Å². The van der Waals surface area contributed by atoms with Gasteiger partial charge in [0.1, 0.15) is 5.82 Å². The number of morpholine rings is 1. The number of hydrogen-bond donors (Lipinski definition) is 1. The maximum Gasteiger partial charge on any atom is 0.167 e. The Kier molecular flexibility index (Phi) is 4.73. The van der Waals surface area contributed by atoms with Gasteiger partial charge >= 0.3 is 0 Å². The second kappa shape index (κ2) is 7.53. The largest absolute Gasteiger partial charge is 0.377 e. The molecule has 0 aliphatic carbocycles. The van der Waals surface area contributed by atoms with Crippen LogP contribution in [0.2, 0.25) is 0 Å². The fourth-order valence-electron chi connectivity index (χ4n) is 3.77. The zero-order valence-electron chi connectivity index (χ0n) is 16.4. The first kappa shape index (κ1) is 18.2. The van der Waals surface area contributed by atoms with Crippen molar-refractivity contribution in [2.45, 2.75) is 17.9 Å². The van der Waals surface area contributed by atoms with E-state index in [1.165, 1.54) is 4.90 Å². The van der Waals surface area contributed by atoms with Gasteiger partial charge in [0, 0.05) is 22.9 Å². The van der Waals surface area contributed by atoms with Crippen molar-refractivity contribution < 1.29 is 4.74 Å². The molecule has 0 saturated carbocycles. The van der Waals surface area contributed by atoms with Gasteiger partial charge < -0.3 is 9.64 Å². The number of aromatic amines is 1. The topological polar surface area (TPSA) is 71.9 Å². The van der Waals surface area contributed by atoms with Crippen LogP contribution >= 0.6 is 11.8 Å². The Morgan fingerprint density at radius 3 is 2.97 bits per heavy atom. The van der Waals surface area contributed by atoms with Crippen molar-refractivity contribution >= 4 is 28.6 Å². The highest BCUT2D eigenvalue weighted by molar-refractivity contribution is 7.98. The van der Waals surface area contributed by atoms with Crippen molar-refractivity contribution in [1.29, 1.82) is 0 Å². The molecule has 4 heterocycles. The van der Waals surface area contributed by atoms with Crippen LogP contribution in [-0.2, 0) is 4.74 Å². The van der Waals surface area contributed by atoms with Gasteiger partial charge in [0.2, 0.25) is 0 Å². The first-order valence-corrected chi connectivity index (χ1v) is 10.8. The van der Waals surface area contributed by atoms with Crippen molar-refractivity contribution in [1.82, 2.24) is 25.0 Å². The molecule has 1 aliphatic heterocycles. The first-order valence-electron chi connectivity index (χ1n) is 9.62. The van der Waals surface area contributed by atoms with E-state index in [0.717, 1.165) is 40.3 Å². The van der Waals surface area contributed by atoms with Crippen molar-refractivity contribution in [3.63, 3.8) is 0 Å². The fourth-order valence-corrected chi connectivity index (χ4v) is 4.23. The van der Waals surface area contributed by atoms with Crippen LogP contribution in [0.5, 0.6) is 0 Å². The molecule has 8 heteroatoms. The van der Waals surface area contributed by atoms with Crippen LogP contribution in [-0.4, -0.2) is 57.0 Å². The lowest BCUT2D eigenvalue weighted by atomic mass is 10.0. The molecule has 0 bridgehead atoms. The third-order valence-electron chi connectivity index (χ3n) is 5.28. The number of anilines is 1. The first-order chi connectivity index (χ1) is 14.2. The second-order valence-corrected chi connectivity index (χ2v) is 7.99. The highest BCUT2D eigenvalue weighted by Gasteiger charge is 2.23. The summed E-state index contributed by atoms with van der Waals surface area (Å²) in [5.41, 5.74) is 3.11. The summed E-state index contributed by atoms with van der Waals surface area (Å²) in [6.45, 7) is 4.41. The third kappa shape index (κ3) is 3.28. The normalized spacial score (nSPS) is 17.2. The maximum atomic E-state index is 5.63. The molecular formula is C21H22N6OS. The van der Waals surface area contributed by atoms with E-state index in [2.05, 4.69) is 63.7 Å². The SMILES string of the molecule is CSc1cccc(-c2cc(N3CCOCC3C)nc3c2cnn3-c2ccn[nH]2)c1. The molecule has 1 fully saturated rings. The molecule has 1 unspecified atom stereocenters. The van der Waals surface area contributed by atoms with Crippen molar-refractivity contribution in [2.24, 2.45) is 0 Å². The summed E-state index contributed by atoms with van der Waals surface area (Å²) in [7, 11) is 0. The van der Waals surface area contributed by atoms with Gasteiger partial charge in [0.05, 0.1) is 31.6 Å². The fraction of sp³-hybridized carbons (Fsp3) is 0.286. The number of aromatic nitrogens is 5. The average Bonchev–Trinajstić information content (AvgIpc) is 3.43. The Balaban J connectivity index is 1.74. The Bertz CT molecular complexity index is 1140. The minimum absolute atomic E-state index is 0.266. The molecule has 1 aliphatic rings. The molecule has 3 aromatic heterocycles. The number of benzene rings is 1. The molecular weight excluding hydrogens is 384 g/mol. The van der Waals surface area contributed by atoms with Crippen molar-refractivity contribution in [2.75, 3.05) is 30.9 Å². The van der Waals surface area contributed by atoms with Gasteiger partial charge in [0.25, 0.3) is 0 Å². The number of fused-ring (bicyclic) bond motifs is 1. The molecule has 1 aromatic carbocycles. The van der Waals surface area contributed by atoms with E-state index >= 15 is 0 Å². The van der Waals surface area contributed by atoms with Gasteiger partial charge in [-0.3, -0.25) is 5.10 Å². The molecule has 7 nitrogen and oxygen atoms in total. The van der Waals surface area contributed by atoms with Gasteiger partial charge in [0.15, 0.2) is 11.5 Å².